The van der Waals surface area contributed by atoms with Crippen molar-refractivity contribution in [1.29, 1.82) is 0 Å². The molecule has 1 fully saturated rings. The summed E-state index contributed by atoms with van der Waals surface area (Å²) >= 11 is 0. The molecule has 3 N–H and O–H groups in total. The average Bonchev–Trinajstić information content (AvgIpc) is 3.89. The van der Waals surface area contributed by atoms with Crippen molar-refractivity contribution in [1.82, 2.24) is 9.88 Å². The van der Waals surface area contributed by atoms with Crippen LogP contribution in [-0.2, 0) is 35.2 Å². The van der Waals surface area contributed by atoms with Crippen LogP contribution in [0.1, 0.15) is 36.3 Å². The molecule has 14 heteroatoms. The van der Waals surface area contributed by atoms with E-state index in [0.717, 1.165) is 16.3 Å². The van der Waals surface area contributed by atoms with Crippen molar-refractivity contribution in [3.05, 3.63) is 108 Å². The number of carboxylic acids is 3. The van der Waals surface area contributed by atoms with E-state index >= 15 is 0 Å². The lowest BCUT2D eigenvalue weighted by Crippen LogP contribution is -2.51. The van der Waals surface area contributed by atoms with Gasteiger partial charge in [0.25, 0.3) is 5.91 Å². The number of nitrogens with zero attached hydrogens (tertiary/aromatic N) is 2. The summed E-state index contributed by atoms with van der Waals surface area (Å²) in [7, 11) is 0. The summed E-state index contributed by atoms with van der Waals surface area (Å²) < 4.78 is 27.3. The summed E-state index contributed by atoms with van der Waals surface area (Å²) in [5, 5.41) is 31.4. The molecule has 14 nitrogen and oxygen atoms in total. The van der Waals surface area contributed by atoms with Gasteiger partial charge in [-0.05, 0) is 71.7 Å². The molecule has 1 saturated heterocycles. The molecule has 0 bridgehead atoms. The van der Waals surface area contributed by atoms with Gasteiger partial charge < -0.3 is 43.6 Å². The van der Waals surface area contributed by atoms with Gasteiger partial charge in [0.2, 0.25) is 12.7 Å². The highest BCUT2D eigenvalue weighted by Crippen LogP contribution is 2.39. The lowest BCUT2D eigenvalue weighted by molar-refractivity contribution is -0.221. The fraction of sp³-hybridized carbons (Fsp3) is 0.237. The minimum atomic E-state index is -3.42. The van der Waals surface area contributed by atoms with Crippen LogP contribution in [0.15, 0.2) is 95.4 Å². The van der Waals surface area contributed by atoms with Crippen LogP contribution in [0.25, 0.3) is 27.9 Å². The highest BCUT2D eigenvalue weighted by Gasteiger charge is 2.64. The monoisotopic (exact) mass is 708 g/mol. The SMILES string of the molecule is C[C@H]([C@@H](C/C=C/c1nc2ccccc2o1)c1ccc2c(c1)OCO2)N(Cc1ccc2ccccc2c1)C(=O)[C@@H]1OC(C(=O)O)(C(=O)O)O[C@@H]1C(=O)O. The van der Waals surface area contributed by atoms with Gasteiger partial charge in [-0.2, -0.15) is 0 Å². The van der Waals surface area contributed by atoms with Gasteiger partial charge in [-0.15, -0.1) is 0 Å². The zero-order chi connectivity index (χ0) is 36.6. The van der Waals surface area contributed by atoms with Crippen LogP contribution < -0.4 is 9.47 Å². The largest absolute Gasteiger partial charge is 0.479 e. The fourth-order valence-corrected chi connectivity index (χ4v) is 6.53. The molecule has 0 radical (unpaired) electrons. The number of hydrogen-bond acceptors (Lipinski definition) is 10. The first-order valence-corrected chi connectivity index (χ1v) is 16.3. The van der Waals surface area contributed by atoms with Gasteiger partial charge in [-0.3, -0.25) is 4.79 Å². The zero-order valence-electron chi connectivity index (χ0n) is 27.6. The maximum absolute atomic E-state index is 14.6. The van der Waals surface area contributed by atoms with Crippen molar-refractivity contribution < 1.29 is 57.9 Å². The van der Waals surface area contributed by atoms with Crippen LogP contribution in [0.2, 0.25) is 0 Å². The van der Waals surface area contributed by atoms with Crippen molar-refractivity contribution in [2.24, 2.45) is 0 Å². The smallest absolute Gasteiger partial charge is 0.377 e. The summed E-state index contributed by atoms with van der Waals surface area (Å²) in [6, 6.07) is 25.1. The van der Waals surface area contributed by atoms with Gasteiger partial charge in [-0.25, -0.2) is 19.4 Å². The molecule has 0 spiro atoms. The second-order valence-corrected chi connectivity index (χ2v) is 12.4. The van der Waals surface area contributed by atoms with Gasteiger partial charge in [0.05, 0.1) is 0 Å². The maximum Gasteiger partial charge on any atom is 0.377 e. The molecule has 0 aliphatic carbocycles. The van der Waals surface area contributed by atoms with E-state index in [9.17, 15) is 34.5 Å². The summed E-state index contributed by atoms with van der Waals surface area (Å²) in [6.07, 6.45) is -0.511. The Morgan fingerprint density at radius 1 is 0.865 bits per heavy atom. The first kappa shape index (κ1) is 34.2. The standard InChI is InChI=1S/C38H32N2O12/c1-21(26(25-15-16-29-30(18-25)49-20-48-29)9-6-12-31-39-27-10-4-5-11-28(27)50-31)40(19-22-13-14-23-7-2-3-8-24(23)17-22)34(41)32-33(35(42)43)52-38(51-32,36(44)45)37(46)47/h2-8,10-18,21,26,32-33H,9,19-20H2,1H3,(H,42,43)(H,44,45)(H,46,47)/b12-6+/t21-,26-,32-,33+/m1/s1. The number of amides is 1. The van der Waals surface area contributed by atoms with Crippen molar-refractivity contribution in [2.75, 3.05) is 6.79 Å². The van der Waals surface area contributed by atoms with E-state index in [-0.39, 0.29) is 13.3 Å². The minimum Gasteiger partial charge on any atom is -0.479 e. The first-order valence-electron chi connectivity index (χ1n) is 16.3. The predicted octanol–water partition coefficient (Wildman–Crippen LogP) is 5.05. The molecular weight excluding hydrogens is 676 g/mol. The number of aliphatic carboxylic acids is 3. The normalized spacial score (nSPS) is 18.8. The lowest BCUT2D eigenvalue weighted by Gasteiger charge is -2.36. The van der Waals surface area contributed by atoms with Crippen molar-refractivity contribution in [3.8, 4) is 11.5 Å². The number of para-hydroxylation sites is 2. The second kappa shape index (κ2) is 13.8. The molecular formula is C38H32N2O12. The Balaban J connectivity index is 1.29. The van der Waals surface area contributed by atoms with Crippen molar-refractivity contribution in [3.63, 3.8) is 0 Å². The van der Waals surface area contributed by atoms with E-state index < -0.39 is 53.8 Å². The number of rotatable bonds is 12. The van der Waals surface area contributed by atoms with E-state index in [2.05, 4.69) is 4.98 Å². The Hall–Kier alpha value is -6.25. The van der Waals surface area contributed by atoms with E-state index in [4.69, 9.17) is 23.4 Å². The molecule has 3 heterocycles. The minimum absolute atomic E-state index is 0.0354. The molecule has 2 aliphatic rings. The molecule has 7 rings (SSSR count). The van der Waals surface area contributed by atoms with E-state index in [0.29, 0.717) is 40.5 Å². The molecule has 1 amide bonds. The molecule has 5 aromatic rings. The predicted molar refractivity (Wildman–Crippen MR) is 182 cm³/mol. The molecule has 0 unspecified atom stereocenters. The molecule has 266 valence electrons. The third-order valence-electron chi connectivity index (χ3n) is 9.22. The van der Waals surface area contributed by atoms with Crippen LogP contribution in [0, 0.1) is 0 Å². The summed E-state index contributed by atoms with van der Waals surface area (Å²) in [5.74, 6) is -9.50. The number of carbonyl (C=O) groups is 4. The van der Waals surface area contributed by atoms with Crippen LogP contribution >= 0.6 is 0 Å². The highest BCUT2D eigenvalue weighted by atomic mass is 16.8. The number of carbonyl (C=O) groups excluding carboxylic acids is 1. The quantitative estimate of drug-likeness (QED) is 0.146. The maximum atomic E-state index is 14.6. The lowest BCUT2D eigenvalue weighted by atomic mass is 9.87. The van der Waals surface area contributed by atoms with Crippen LogP contribution in [0.4, 0.5) is 0 Å². The zero-order valence-corrected chi connectivity index (χ0v) is 27.6. The second-order valence-electron chi connectivity index (χ2n) is 12.4. The highest BCUT2D eigenvalue weighted by molar-refractivity contribution is 6.02. The third kappa shape index (κ3) is 6.40. The fourth-order valence-electron chi connectivity index (χ4n) is 6.53. The van der Waals surface area contributed by atoms with Crippen molar-refractivity contribution in [2.45, 2.75) is 49.8 Å². The topological polar surface area (TPSA) is 195 Å². The van der Waals surface area contributed by atoms with Crippen LogP contribution in [-0.4, -0.2) is 79.8 Å². The van der Waals surface area contributed by atoms with E-state index in [1.165, 1.54) is 4.90 Å². The number of carboxylic acid groups (broad SMARTS) is 3. The number of aromatic nitrogens is 1. The Morgan fingerprint density at radius 3 is 2.33 bits per heavy atom. The third-order valence-corrected chi connectivity index (χ3v) is 9.22. The van der Waals surface area contributed by atoms with Crippen LogP contribution in [0.3, 0.4) is 0 Å². The number of benzene rings is 4. The van der Waals surface area contributed by atoms with E-state index in [1.54, 1.807) is 31.2 Å². The Labute approximate surface area is 295 Å². The molecule has 0 saturated carbocycles. The average molecular weight is 709 g/mol. The summed E-state index contributed by atoms with van der Waals surface area (Å²) in [4.78, 5) is 57.0. The molecule has 4 aromatic carbocycles. The number of hydrogen-bond donors (Lipinski definition) is 3. The van der Waals surface area contributed by atoms with Gasteiger partial charge in [0.15, 0.2) is 29.3 Å². The Morgan fingerprint density at radius 2 is 1.58 bits per heavy atom. The molecule has 2 aliphatic heterocycles. The van der Waals surface area contributed by atoms with E-state index in [1.807, 2.05) is 72.8 Å². The number of oxazole rings is 1. The van der Waals surface area contributed by atoms with Gasteiger partial charge >= 0.3 is 23.7 Å². The van der Waals surface area contributed by atoms with Crippen molar-refractivity contribution >= 4 is 51.8 Å². The Bertz CT molecular complexity index is 2180. The van der Waals surface area contributed by atoms with Gasteiger partial charge in [-0.1, -0.05) is 60.7 Å². The molecule has 4 atom stereocenters. The number of allylic oxidation sites excluding steroid dienone is 1. The first-order chi connectivity index (χ1) is 25.0. The number of ether oxygens (including phenoxy) is 4. The molecule has 1 aromatic heterocycles. The molecule has 52 heavy (non-hydrogen) atoms. The summed E-state index contributed by atoms with van der Waals surface area (Å²) in [5.41, 5.74) is 2.69. The number of fused-ring (bicyclic) bond motifs is 3. The van der Waals surface area contributed by atoms with Gasteiger partial charge in [0.1, 0.15) is 5.52 Å². The van der Waals surface area contributed by atoms with Gasteiger partial charge in [0, 0.05) is 18.5 Å². The van der Waals surface area contributed by atoms with Crippen LogP contribution in [0.5, 0.6) is 11.5 Å². The summed E-state index contributed by atoms with van der Waals surface area (Å²) in [6.45, 7) is 1.71. The Kier molecular flexibility index (Phi) is 9.09.